The number of nitrogens with one attached hydrogen (secondary N) is 2. The molecule has 1 aliphatic carbocycles. The summed E-state index contributed by atoms with van der Waals surface area (Å²) >= 11 is -2.13. The predicted octanol–water partition coefficient (Wildman–Crippen LogP) is 1.41. The van der Waals surface area contributed by atoms with E-state index in [9.17, 15) is 8.76 Å². The Morgan fingerprint density at radius 3 is 2.82 bits per heavy atom. The van der Waals surface area contributed by atoms with Gasteiger partial charge in [-0.2, -0.15) is 0 Å². The van der Waals surface area contributed by atoms with Crippen molar-refractivity contribution in [2.24, 2.45) is 0 Å². The Kier molecular flexibility index (Phi) is 8.17. The third kappa shape index (κ3) is 8.26. The van der Waals surface area contributed by atoms with Crippen LogP contribution in [0.3, 0.4) is 0 Å². The van der Waals surface area contributed by atoms with Crippen LogP contribution in [0.15, 0.2) is 23.8 Å². The number of unbranched alkanes of at least 4 members (excludes halogenated alkanes) is 1. The lowest BCUT2D eigenvalue weighted by atomic mass is 10.0. The molecule has 0 radical (unpaired) electrons. The smallest absolute Gasteiger partial charge is 0.0197 e. The van der Waals surface area contributed by atoms with Crippen molar-refractivity contribution in [2.75, 3.05) is 19.6 Å². The molecule has 0 aromatic carbocycles. The molecule has 1 aliphatic rings. The molecule has 0 spiro atoms. The van der Waals surface area contributed by atoms with Crippen molar-refractivity contribution in [3.05, 3.63) is 23.8 Å². The summed E-state index contributed by atoms with van der Waals surface area (Å²) in [5.74, 6) is 0. The topological polar surface area (TPSA) is 64.2 Å². The maximum absolute atomic E-state index is 10.2. The second-order valence-electron chi connectivity index (χ2n) is 4.11. The van der Waals surface area contributed by atoms with E-state index in [-0.39, 0.29) is 0 Å². The zero-order valence-electron chi connectivity index (χ0n) is 10.1. The Labute approximate surface area is 106 Å². The predicted molar refractivity (Wildman–Crippen MR) is 70.1 cm³/mol. The molecule has 0 heterocycles. The first-order valence-electron chi connectivity index (χ1n) is 6.15. The zero-order valence-corrected chi connectivity index (χ0v) is 10.9. The van der Waals surface area contributed by atoms with Crippen molar-refractivity contribution in [2.45, 2.75) is 32.1 Å². The van der Waals surface area contributed by atoms with Gasteiger partial charge < -0.3 is 9.87 Å². The molecule has 5 heteroatoms. The minimum atomic E-state index is -2.13. The highest BCUT2D eigenvalue weighted by atomic mass is 32.2. The summed E-state index contributed by atoms with van der Waals surface area (Å²) in [6, 6.07) is 0. The normalized spacial score (nSPS) is 16.9. The standard InChI is InChI=1S/C12H22N2O2S/c15-17(16)14-11-10-13-9-5-4-8-12-6-2-1-3-7-12/h1-2,7,13-14H,3-6,8-11H2,(H,15,16)/p-1. The number of allylic oxidation sites excluding steroid dienone is 4. The first-order valence-corrected chi connectivity index (χ1v) is 7.23. The van der Waals surface area contributed by atoms with E-state index in [0.29, 0.717) is 13.1 Å². The molecule has 0 amide bonds. The van der Waals surface area contributed by atoms with E-state index in [0.717, 1.165) is 25.8 Å². The van der Waals surface area contributed by atoms with Gasteiger partial charge in [-0.25, -0.2) is 4.72 Å². The van der Waals surface area contributed by atoms with Crippen LogP contribution in [0.2, 0.25) is 0 Å². The van der Waals surface area contributed by atoms with E-state index in [1.165, 1.54) is 12.8 Å². The minimum Gasteiger partial charge on any atom is -0.760 e. The van der Waals surface area contributed by atoms with Gasteiger partial charge >= 0.3 is 0 Å². The van der Waals surface area contributed by atoms with Crippen LogP contribution in [0, 0.1) is 0 Å². The molecule has 0 bridgehead atoms. The van der Waals surface area contributed by atoms with Crippen molar-refractivity contribution < 1.29 is 8.76 Å². The largest absolute Gasteiger partial charge is 0.760 e. The molecule has 0 fully saturated rings. The highest BCUT2D eigenvalue weighted by Crippen LogP contribution is 2.16. The Bertz CT molecular complexity index is 290. The van der Waals surface area contributed by atoms with E-state index >= 15 is 0 Å². The van der Waals surface area contributed by atoms with Crippen molar-refractivity contribution in [1.29, 1.82) is 0 Å². The van der Waals surface area contributed by atoms with Gasteiger partial charge in [-0.1, -0.05) is 23.8 Å². The SMILES string of the molecule is O=S([O-])NCCNCCCCC1=CCC=CC1. The zero-order chi connectivity index (χ0) is 12.3. The summed E-state index contributed by atoms with van der Waals surface area (Å²) in [6.45, 7) is 2.11. The quantitative estimate of drug-likeness (QED) is 0.373. The summed E-state index contributed by atoms with van der Waals surface area (Å²) in [7, 11) is 0. The summed E-state index contributed by atoms with van der Waals surface area (Å²) in [5.41, 5.74) is 1.55. The van der Waals surface area contributed by atoms with Gasteiger partial charge in [0.25, 0.3) is 0 Å². The Balaban J connectivity index is 1.84. The lowest BCUT2D eigenvalue weighted by molar-refractivity contribution is 0.519. The second kappa shape index (κ2) is 9.53. The van der Waals surface area contributed by atoms with Crippen LogP contribution in [-0.2, 0) is 11.3 Å². The monoisotopic (exact) mass is 257 g/mol. The fourth-order valence-corrected chi connectivity index (χ4v) is 2.07. The second-order valence-corrected chi connectivity index (χ2v) is 4.87. The Hall–Kier alpha value is -0.490. The summed E-state index contributed by atoms with van der Waals surface area (Å²) in [4.78, 5) is 0. The van der Waals surface area contributed by atoms with Gasteiger partial charge in [0, 0.05) is 24.4 Å². The minimum absolute atomic E-state index is 0.464. The number of rotatable bonds is 9. The maximum atomic E-state index is 10.2. The molecule has 4 nitrogen and oxygen atoms in total. The van der Waals surface area contributed by atoms with Crippen LogP contribution >= 0.6 is 0 Å². The molecule has 0 aromatic heterocycles. The first-order chi connectivity index (χ1) is 8.29. The van der Waals surface area contributed by atoms with Crippen molar-refractivity contribution in [3.63, 3.8) is 0 Å². The van der Waals surface area contributed by atoms with E-state index in [1.54, 1.807) is 5.57 Å². The van der Waals surface area contributed by atoms with Gasteiger partial charge in [0.2, 0.25) is 0 Å². The van der Waals surface area contributed by atoms with E-state index < -0.39 is 11.3 Å². The molecule has 17 heavy (non-hydrogen) atoms. The lowest BCUT2D eigenvalue weighted by Crippen LogP contribution is -2.28. The van der Waals surface area contributed by atoms with Gasteiger partial charge in [0.1, 0.15) is 0 Å². The molecule has 2 N–H and O–H groups in total. The third-order valence-corrected chi connectivity index (χ3v) is 3.15. The summed E-state index contributed by atoms with van der Waals surface area (Å²) in [6.07, 6.45) is 12.5. The highest BCUT2D eigenvalue weighted by molar-refractivity contribution is 7.77. The fourth-order valence-electron chi connectivity index (χ4n) is 1.80. The van der Waals surface area contributed by atoms with Crippen LogP contribution in [0.1, 0.15) is 32.1 Å². The van der Waals surface area contributed by atoms with Gasteiger partial charge in [0.05, 0.1) is 0 Å². The molecular formula is C12H21N2O2S-. The Morgan fingerprint density at radius 1 is 1.24 bits per heavy atom. The van der Waals surface area contributed by atoms with E-state index in [4.69, 9.17) is 0 Å². The van der Waals surface area contributed by atoms with Crippen molar-refractivity contribution in [1.82, 2.24) is 10.0 Å². The lowest BCUT2D eigenvalue weighted by Gasteiger charge is -2.09. The van der Waals surface area contributed by atoms with Crippen molar-refractivity contribution in [3.8, 4) is 0 Å². The van der Waals surface area contributed by atoms with Crippen LogP contribution in [-0.4, -0.2) is 28.4 Å². The molecule has 0 aliphatic heterocycles. The molecule has 1 atom stereocenters. The molecule has 1 unspecified atom stereocenters. The molecule has 0 saturated carbocycles. The van der Waals surface area contributed by atoms with Gasteiger partial charge in [-0.15, -0.1) is 0 Å². The fraction of sp³-hybridized carbons (Fsp3) is 0.667. The number of hydrogen-bond donors (Lipinski definition) is 2. The van der Waals surface area contributed by atoms with E-state index in [1.807, 2.05) is 0 Å². The molecule has 0 aromatic rings. The molecule has 1 rings (SSSR count). The van der Waals surface area contributed by atoms with Crippen LogP contribution in [0.25, 0.3) is 0 Å². The van der Waals surface area contributed by atoms with Crippen LogP contribution in [0.5, 0.6) is 0 Å². The average molecular weight is 257 g/mol. The van der Waals surface area contributed by atoms with Crippen LogP contribution < -0.4 is 10.0 Å². The highest BCUT2D eigenvalue weighted by Gasteiger charge is 1.98. The molecule has 0 saturated heterocycles. The van der Waals surface area contributed by atoms with Gasteiger partial charge in [0.15, 0.2) is 0 Å². The third-order valence-electron chi connectivity index (χ3n) is 2.71. The van der Waals surface area contributed by atoms with Gasteiger partial charge in [-0.3, -0.25) is 4.21 Å². The number of hydrogen-bond acceptors (Lipinski definition) is 3. The van der Waals surface area contributed by atoms with Crippen LogP contribution in [0.4, 0.5) is 0 Å². The molecular weight excluding hydrogens is 236 g/mol. The van der Waals surface area contributed by atoms with Gasteiger partial charge in [-0.05, 0) is 38.6 Å². The summed E-state index contributed by atoms with van der Waals surface area (Å²) in [5, 5.41) is 3.21. The summed E-state index contributed by atoms with van der Waals surface area (Å²) < 4.78 is 22.6. The van der Waals surface area contributed by atoms with Crippen molar-refractivity contribution >= 4 is 11.3 Å². The first kappa shape index (κ1) is 14.6. The Morgan fingerprint density at radius 2 is 2.12 bits per heavy atom. The van der Waals surface area contributed by atoms with E-state index in [2.05, 4.69) is 28.3 Å². The average Bonchev–Trinajstić information content (AvgIpc) is 2.33. The maximum Gasteiger partial charge on any atom is 0.0197 e. The molecule has 98 valence electrons.